The van der Waals surface area contributed by atoms with Crippen molar-refractivity contribution in [2.45, 2.75) is 6.10 Å². The lowest BCUT2D eigenvalue weighted by molar-refractivity contribution is 0.0530. The van der Waals surface area contributed by atoms with Crippen LogP contribution in [0.2, 0.25) is 0 Å². The molecule has 14 heavy (non-hydrogen) atoms. The summed E-state index contributed by atoms with van der Waals surface area (Å²) in [6.07, 6.45) is -0.811. The van der Waals surface area contributed by atoms with Crippen molar-refractivity contribution in [3.8, 4) is 0 Å². The molecule has 8 heteroatoms. The molecule has 0 bridgehead atoms. The van der Waals surface area contributed by atoms with E-state index in [0.29, 0.717) is 11.1 Å². The predicted octanol–water partition coefficient (Wildman–Crippen LogP) is 0.317. The Balaban J connectivity index is -0.000000168. The summed E-state index contributed by atoms with van der Waals surface area (Å²) in [5, 5.41) is 31.2. The number of ether oxygens (including phenoxy) is 1. The normalized spacial score (nSPS) is 9.00. The van der Waals surface area contributed by atoms with Gasteiger partial charge in [0.2, 0.25) is 0 Å². The molecule has 0 spiro atoms. The van der Waals surface area contributed by atoms with E-state index in [9.17, 15) is 0 Å². The molecule has 0 saturated carbocycles. The van der Waals surface area contributed by atoms with Gasteiger partial charge >= 0.3 is 0 Å². The summed E-state index contributed by atoms with van der Waals surface area (Å²) in [5.41, 5.74) is 2.22. The Hall–Kier alpha value is -0.410. The SMILES string of the molecule is OC=S.OC=S.OCC(O)COC=S. The lowest BCUT2D eigenvalue weighted by Crippen LogP contribution is -2.18. The molecule has 4 N–H and O–H groups in total. The zero-order chi connectivity index (χ0) is 11.8. The molecule has 0 aromatic carbocycles. The highest BCUT2D eigenvalue weighted by Crippen LogP contribution is 1.79. The van der Waals surface area contributed by atoms with Gasteiger partial charge in [-0.05, 0) is 36.7 Å². The average Bonchev–Trinajstić information content (AvgIpc) is 2.16. The fraction of sp³-hybridized carbons (Fsp3) is 0.500. The van der Waals surface area contributed by atoms with E-state index in [0.717, 1.165) is 5.55 Å². The quantitative estimate of drug-likeness (QED) is 0.537. The maximum absolute atomic E-state index is 8.55. The van der Waals surface area contributed by atoms with Crippen LogP contribution in [0.3, 0.4) is 0 Å². The standard InChI is InChI=1S/C4H8O3S.2CH2OS/c5-1-4(6)2-7-3-8;2*2-1-3/h3-6H,1-2H2;2*1H,(H,2,3). The summed E-state index contributed by atoms with van der Waals surface area (Å²) in [7, 11) is 0. The molecule has 0 aliphatic heterocycles. The second kappa shape index (κ2) is 22.9. The van der Waals surface area contributed by atoms with Crippen LogP contribution in [-0.2, 0) is 4.74 Å². The smallest absolute Gasteiger partial charge is 0.146 e. The van der Waals surface area contributed by atoms with E-state index in [4.69, 9.17) is 20.4 Å². The van der Waals surface area contributed by atoms with Gasteiger partial charge in [-0.25, -0.2) is 0 Å². The van der Waals surface area contributed by atoms with Gasteiger partial charge in [0.05, 0.1) is 6.61 Å². The Bertz CT molecular complexity index is 127. The van der Waals surface area contributed by atoms with Gasteiger partial charge in [-0.15, -0.1) is 0 Å². The maximum atomic E-state index is 8.55. The fourth-order valence-corrected chi connectivity index (χ4v) is 0.282. The molecule has 0 aromatic heterocycles. The van der Waals surface area contributed by atoms with Gasteiger partial charge in [-0.2, -0.15) is 0 Å². The number of aliphatic hydroxyl groups is 4. The highest BCUT2D eigenvalue weighted by Gasteiger charge is 1.98. The van der Waals surface area contributed by atoms with Crippen LogP contribution in [-0.4, -0.2) is 56.4 Å². The topological polar surface area (TPSA) is 90.2 Å². The second-order valence-corrected chi connectivity index (χ2v) is 2.09. The third kappa shape index (κ3) is 41.6. The number of hydrogen-bond donors (Lipinski definition) is 4. The van der Waals surface area contributed by atoms with Crippen molar-refractivity contribution < 1.29 is 25.2 Å². The molecule has 0 fully saturated rings. The van der Waals surface area contributed by atoms with Crippen molar-refractivity contribution in [2.24, 2.45) is 0 Å². The lowest BCUT2D eigenvalue weighted by atomic mass is 10.4. The third-order valence-corrected chi connectivity index (χ3v) is 0.703. The monoisotopic (exact) mass is 260 g/mol. The first-order valence-electron chi connectivity index (χ1n) is 3.14. The second-order valence-electron chi connectivity index (χ2n) is 1.48. The third-order valence-electron chi connectivity index (χ3n) is 0.567. The number of hydrogen-bond acceptors (Lipinski definition) is 6. The van der Waals surface area contributed by atoms with E-state index in [-0.39, 0.29) is 13.2 Å². The van der Waals surface area contributed by atoms with Crippen molar-refractivity contribution >= 4 is 53.3 Å². The van der Waals surface area contributed by atoms with Crippen LogP contribution < -0.4 is 0 Å². The van der Waals surface area contributed by atoms with E-state index >= 15 is 0 Å². The molecule has 0 aromatic rings. The molecule has 0 heterocycles. The van der Waals surface area contributed by atoms with E-state index in [1.807, 2.05) is 0 Å². The van der Waals surface area contributed by atoms with Gasteiger partial charge in [0.15, 0.2) is 0 Å². The van der Waals surface area contributed by atoms with Crippen LogP contribution in [0.4, 0.5) is 0 Å². The van der Waals surface area contributed by atoms with Crippen LogP contribution in [0.15, 0.2) is 0 Å². The van der Waals surface area contributed by atoms with Gasteiger partial charge in [0, 0.05) is 0 Å². The Morgan fingerprint density at radius 3 is 1.71 bits per heavy atom. The van der Waals surface area contributed by atoms with Crippen LogP contribution in [0.1, 0.15) is 0 Å². The van der Waals surface area contributed by atoms with Crippen molar-refractivity contribution in [3.05, 3.63) is 0 Å². The molecule has 0 saturated heterocycles. The van der Waals surface area contributed by atoms with E-state index in [1.165, 1.54) is 0 Å². The minimum absolute atomic E-state index is 0.0694. The number of thiocarbonyl (C=S) groups is 3. The number of aliphatic hydroxyl groups excluding tert-OH is 4. The highest BCUT2D eigenvalue weighted by molar-refractivity contribution is 7.78. The minimum Gasteiger partial charge on any atom is -0.504 e. The molecule has 0 radical (unpaired) electrons. The van der Waals surface area contributed by atoms with Crippen LogP contribution >= 0.6 is 36.7 Å². The Morgan fingerprint density at radius 1 is 1.14 bits per heavy atom. The first-order valence-corrected chi connectivity index (χ1v) is 4.55. The van der Waals surface area contributed by atoms with Gasteiger partial charge in [0.1, 0.15) is 29.4 Å². The Kier molecular flexibility index (Phi) is 31.4. The van der Waals surface area contributed by atoms with Crippen molar-refractivity contribution in [3.63, 3.8) is 0 Å². The summed E-state index contributed by atoms with van der Waals surface area (Å²) in [6, 6.07) is 0. The van der Waals surface area contributed by atoms with Crippen LogP contribution in [0, 0.1) is 0 Å². The predicted molar refractivity (Wildman–Crippen MR) is 65.3 cm³/mol. The van der Waals surface area contributed by atoms with Crippen molar-refractivity contribution in [1.82, 2.24) is 0 Å². The minimum atomic E-state index is -0.811. The van der Waals surface area contributed by atoms with Crippen LogP contribution in [0.25, 0.3) is 0 Å². The Morgan fingerprint density at radius 2 is 1.50 bits per heavy atom. The van der Waals surface area contributed by atoms with Gasteiger partial charge in [0.25, 0.3) is 0 Å². The van der Waals surface area contributed by atoms with Gasteiger partial charge in [-0.1, -0.05) is 0 Å². The summed E-state index contributed by atoms with van der Waals surface area (Å²) < 4.78 is 4.47. The largest absolute Gasteiger partial charge is 0.504 e. The fourth-order valence-electron chi connectivity index (χ4n) is 0.203. The summed E-state index contributed by atoms with van der Waals surface area (Å²) >= 11 is 11.9. The van der Waals surface area contributed by atoms with Crippen LogP contribution in [0.5, 0.6) is 0 Å². The van der Waals surface area contributed by atoms with Gasteiger partial charge in [-0.3, -0.25) is 0 Å². The highest BCUT2D eigenvalue weighted by atomic mass is 32.1. The first kappa shape index (κ1) is 19.2. The van der Waals surface area contributed by atoms with E-state index < -0.39 is 6.10 Å². The molecule has 0 aliphatic rings. The molecular formula is C6H12O5S3. The van der Waals surface area contributed by atoms with E-state index in [1.54, 1.807) is 0 Å². The molecule has 0 rings (SSSR count). The zero-order valence-electron chi connectivity index (χ0n) is 7.15. The maximum Gasteiger partial charge on any atom is 0.146 e. The average molecular weight is 260 g/mol. The number of rotatable bonds is 4. The molecule has 84 valence electrons. The molecule has 1 atom stereocenters. The summed E-state index contributed by atoms with van der Waals surface area (Å²) in [6.45, 7) is -0.219. The van der Waals surface area contributed by atoms with Crippen molar-refractivity contribution in [1.29, 1.82) is 0 Å². The first-order chi connectivity index (χ1) is 6.64. The Labute approximate surface area is 97.9 Å². The summed E-state index contributed by atoms with van der Waals surface area (Å²) in [5.74, 6) is 0. The lowest BCUT2D eigenvalue weighted by Gasteiger charge is -2.03. The van der Waals surface area contributed by atoms with E-state index in [2.05, 4.69) is 41.4 Å². The summed E-state index contributed by atoms with van der Waals surface area (Å²) in [4.78, 5) is 0. The molecule has 1 unspecified atom stereocenters. The molecule has 5 nitrogen and oxygen atoms in total. The molecular weight excluding hydrogens is 248 g/mol. The molecule has 0 amide bonds. The van der Waals surface area contributed by atoms with Crippen molar-refractivity contribution in [2.75, 3.05) is 13.2 Å². The molecule has 0 aliphatic carbocycles. The zero-order valence-corrected chi connectivity index (χ0v) is 9.59. The van der Waals surface area contributed by atoms with Gasteiger partial charge < -0.3 is 25.2 Å².